The van der Waals surface area contributed by atoms with Crippen molar-refractivity contribution in [2.45, 2.75) is 26.9 Å². The first-order valence-corrected chi connectivity index (χ1v) is 8.57. The maximum atomic E-state index is 11.2. The first-order valence-electron chi connectivity index (χ1n) is 8.57. The van der Waals surface area contributed by atoms with E-state index in [1.165, 1.54) is 13.2 Å². The van der Waals surface area contributed by atoms with E-state index in [0.717, 1.165) is 5.56 Å². The molecule has 142 valence electrons. The SMILES string of the molecule is CCOc1cc(C#Cc2cc(OC)c(OC(C)C)cc2N=O)ccc1OC. The third-order valence-corrected chi connectivity index (χ3v) is 3.55. The Labute approximate surface area is 159 Å². The van der Waals surface area contributed by atoms with Gasteiger partial charge in [-0.25, -0.2) is 0 Å². The molecule has 0 N–H and O–H groups in total. The van der Waals surface area contributed by atoms with Crippen LogP contribution in [0.2, 0.25) is 0 Å². The summed E-state index contributed by atoms with van der Waals surface area (Å²) in [5.41, 5.74) is 1.36. The standard InChI is InChI=1S/C21H23NO5/c1-6-26-20-11-15(8-10-18(20)24-4)7-9-16-12-19(25-5)21(27-14(2)3)13-17(16)22-23/h8,10-14H,6H2,1-5H3. The molecule has 0 aromatic heterocycles. The van der Waals surface area contributed by atoms with Crippen LogP contribution in [0.5, 0.6) is 23.0 Å². The molecule has 6 heteroatoms. The third-order valence-electron chi connectivity index (χ3n) is 3.55. The van der Waals surface area contributed by atoms with Crippen LogP contribution >= 0.6 is 0 Å². The predicted molar refractivity (Wildman–Crippen MR) is 104 cm³/mol. The fraction of sp³-hybridized carbons (Fsp3) is 0.333. The molecule has 0 heterocycles. The number of nitrogens with zero attached hydrogens (tertiary/aromatic N) is 1. The topological polar surface area (TPSA) is 66.3 Å². The smallest absolute Gasteiger partial charge is 0.163 e. The Kier molecular flexibility index (Phi) is 7.07. The number of ether oxygens (including phenoxy) is 4. The summed E-state index contributed by atoms with van der Waals surface area (Å²) in [4.78, 5) is 11.2. The van der Waals surface area contributed by atoms with Crippen molar-refractivity contribution < 1.29 is 18.9 Å². The van der Waals surface area contributed by atoms with Crippen LogP contribution in [0.4, 0.5) is 5.69 Å². The molecular formula is C21H23NO5. The summed E-state index contributed by atoms with van der Waals surface area (Å²) < 4.78 is 21.8. The number of benzene rings is 2. The van der Waals surface area contributed by atoms with Gasteiger partial charge in [-0.05, 0) is 44.1 Å². The van der Waals surface area contributed by atoms with Crippen molar-refractivity contribution in [3.63, 3.8) is 0 Å². The zero-order valence-electron chi connectivity index (χ0n) is 16.2. The van der Waals surface area contributed by atoms with Gasteiger partial charge in [-0.3, -0.25) is 0 Å². The average Bonchev–Trinajstić information content (AvgIpc) is 2.66. The molecule has 0 atom stereocenters. The lowest BCUT2D eigenvalue weighted by Gasteiger charge is -2.14. The minimum atomic E-state index is -0.0633. The second-order valence-corrected chi connectivity index (χ2v) is 5.83. The fourth-order valence-corrected chi connectivity index (χ4v) is 2.39. The third kappa shape index (κ3) is 5.14. The van der Waals surface area contributed by atoms with Crippen molar-refractivity contribution in [3.05, 3.63) is 46.4 Å². The molecule has 6 nitrogen and oxygen atoms in total. The van der Waals surface area contributed by atoms with Crippen LogP contribution in [0.15, 0.2) is 35.5 Å². The zero-order valence-corrected chi connectivity index (χ0v) is 16.2. The van der Waals surface area contributed by atoms with Crippen molar-refractivity contribution in [3.8, 4) is 34.8 Å². The van der Waals surface area contributed by atoms with Gasteiger partial charge >= 0.3 is 0 Å². The van der Waals surface area contributed by atoms with Crippen LogP contribution in [0.1, 0.15) is 31.9 Å². The Hall–Kier alpha value is -3.20. The lowest BCUT2D eigenvalue weighted by Crippen LogP contribution is -2.06. The molecule has 0 radical (unpaired) electrons. The molecule has 0 aliphatic rings. The molecule has 0 unspecified atom stereocenters. The molecule has 2 aromatic carbocycles. The lowest BCUT2D eigenvalue weighted by molar-refractivity contribution is 0.230. The number of nitroso groups, excluding NO2 is 1. The molecule has 0 aliphatic carbocycles. The van der Waals surface area contributed by atoms with Crippen molar-refractivity contribution in [1.82, 2.24) is 0 Å². The van der Waals surface area contributed by atoms with E-state index in [2.05, 4.69) is 17.0 Å². The Morgan fingerprint density at radius 3 is 2.30 bits per heavy atom. The minimum absolute atomic E-state index is 0.0633. The van der Waals surface area contributed by atoms with Gasteiger partial charge in [0.2, 0.25) is 0 Å². The highest BCUT2D eigenvalue weighted by Gasteiger charge is 2.13. The summed E-state index contributed by atoms with van der Waals surface area (Å²) >= 11 is 0. The van der Waals surface area contributed by atoms with Crippen molar-refractivity contribution in [2.75, 3.05) is 20.8 Å². The first-order chi connectivity index (χ1) is 13.0. The highest BCUT2D eigenvalue weighted by molar-refractivity contribution is 5.64. The molecule has 27 heavy (non-hydrogen) atoms. The Morgan fingerprint density at radius 2 is 1.70 bits per heavy atom. The van der Waals surface area contributed by atoms with E-state index in [-0.39, 0.29) is 11.8 Å². The first kappa shape index (κ1) is 20.1. The zero-order chi connectivity index (χ0) is 19.8. The largest absolute Gasteiger partial charge is 0.493 e. The Morgan fingerprint density at radius 1 is 0.963 bits per heavy atom. The van der Waals surface area contributed by atoms with Gasteiger partial charge in [0, 0.05) is 17.7 Å². The summed E-state index contributed by atoms with van der Waals surface area (Å²) in [5, 5.41) is 3.07. The number of hydrogen-bond donors (Lipinski definition) is 0. The summed E-state index contributed by atoms with van der Waals surface area (Å²) in [6.45, 7) is 6.19. The molecule has 0 amide bonds. The monoisotopic (exact) mass is 369 g/mol. The summed E-state index contributed by atoms with van der Waals surface area (Å²) in [5.74, 6) is 8.17. The molecule has 2 rings (SSSR count). The van der Waals surface area contributed by atoms with Crippen molar-refractivity contribution >= 4 is 5.69 Å². The maximum absolute atomic E-state index is 11.2. The van der Waals surface area contributed by atoms with Gasteiger partial charge in [-0.1, -0.05) is 11.8 Å². The Balaban J connectivity index is 2.43. The fourth-order valence-electron chi connectivity index (χ4n) is 2.39. The highest BCUT2D eigenvalue weighted by Crippen LogP contribution is 2.35. The molecule has 0 saturated heterocycles. The molecule has 0 bridgehead atoms. The van der Waals surface area contributed by atoms with Gasteiger partial charge < -0.3 is 18.9 Å². The highest BCUT2D eigenvalue weighted by atomic mass is 16.5. The van der Waals surface area contributed by atoms with Crippen molar-refractivity contribution in [2.24, 2.45) is 5.18 Å². The van der Waals surface area contributed by atoms with Crippen LogP contribution < -0.4 is 18.9 Å². The maximum Gasteiger partial charge on any atom is 0.163 e. The predicted octanol–water partition coefficient (Wildman–Crippen LogP) is 4.69. The molecule has 0 aliphatic heterocycles. The van der Waals surface area contributed by atoms with Crippen LogP contribution in [0.25, 0.3) is 0 Å². The number of methoxy groups -OCH3 is 2. The quantitative estimate of drug-likeness (QED) is 0.523. The molecule has 0 spiro atoms. The normalized spacial score (nSPS) is 10.0. The molecule has 0 fully saturated rings. The second kappa shape index (κ2) is 9.48. The average molecular weight is 369 g/mol. The lowest BCUT2D eigenvalue weighted by atomic mass is 10.1. The minimum Gasteiger partial charge on any atom is -0.493 e. The van der Waals surface area contributed by atoms with Gasteiger partial charge in [0.15, 0.2) is 23.0 Å². The number of rotatable bonds is 7. The van der Waals surface area contributed by atoms with Gasteiger partial charge in [-0.2, -0.15) is 0 Å². The number of hydrogen-bond acceptors (Lipinski definition) is 6. The van der Waals surface area contributed by atoms with Gasteiger partial charge in [-0.15, -0.1) is 4.91 Å². The van der Waals surface area contributed by atoms with Crippen molar-refractivity contribution in [1.29, 1.82) is 0 Å². The van der Waals surface area contributed by atoms with E-state index < -0.39 is 0 Å². The van der Waals surface area contributed by atoms with Gasteiger partial charge in [0.05, 0.1) is 32.5 Å². The van der Waals surface area contributed by atoms with E-state index >= 15 is 0 Å². The summed E-state index contributed by atoms with van der Waals surface area (Å²) in [6.07, 6.45) is -0.0633. The van der Waals surface area contributed by atoms with E-state index in [4.69, 9.17) is 18.9 Å². The van der Waals surface area contributed by atoms with Crippen LogP contribution in [0.3, 0.4) is 0 Å². The summed E-state index contributed by atoms with van der Waals surface area (Å²) in [7, 11) is 3.11. The van der Waals surface area contributed by atoms with Gasteiger partial charge in [0.25, 0.3) is 0 Å². The summed E-state index contributed by atoms with van der Waals surface area (Å²) in [6, 6.07) is 8.57. The molecular weight excluding hydrogens is 346 g/mol. The van der Waals surface area contributed by atoms with E-state index in [1.54, 1.807) is 25.3 Å². The van der Waals surface area contributed by atoms with Crippen LogP contribution in [0, 0.1) is 16.7 Å². The molecule has 2 aromatic rings. The van der Waals surface area contributed by atoms with Crippen LogP contribution in [-0.4, -0.2) is 26.9 Å². The van der Waals surface area contributed by atoms with Crippen LogP contribution in [-0.2, 0) is 0 Å². The van der Waals surface area contributed by atoms with E-state index in [1.807, 2.05) is 26.8 Å². The van der Waals surface area contributed by atoms with E-state index in [9.17, 15) is 4.91 Å². The Bertz CT molecular complexity index is 865. The van der Waals surface area contributed by atoms with Gasteiger partial charge in [0.1, 0.15) is 5.69 Å². The van der Waals surface area contributed by atoms with E-state index in [0.29, 0.717) is 35.2 Å². The second-order valence-electron chi connectivity index (χ2n) is 5.83. The molecule has 0 saturated carbocycles.